The number of imidazole rings is 1. The van der Waals surface area contributed by atoms with Gasteiger partial charge in [0.05, 0.1) is 23.4 Å². The average molecular weight is 203 g/mol. The molecule has 0 fully saturated rings. The van der Waals surface area contributed by atoms with Crippen LogP contribution in [0, 0.1) is 0 Å². The minimum absolute atomic E-state index is 0.794. The monoisotopic (exact) mass is 203 g/mol. The molecule has 0 aliphatic carbocycles. The van der Waals surface area contributed by atoms with Crippen LogP contribution in [0.1, 0.15) is 0 Å². The summed E-state index contributed by atoms with van der Waals surface area (Å²) >= 11 is 1.32. The molecule has 0 unspecified atom stereocenters. The molecule has 68 valence electrons. The van der Waals surface area contributed by atoms with Gasteiger partial charge < -0.3 is 4.98 Å². The third-order valence-corrected chi connectivity index (χ3v) is 2.55. The second-order valence-corrected chi connectivity index (χ2v) is 3.55. The fourth-order valence-corrected chi connectivity index (χ4v) is 1.70. The van der Waals surface area contributed by atoms with Crippen LogP contribution in [0.2, 0.25) is 0 Å². The molecule has 3 aromatic heterocycles. The van der Waals surface area contributed by atoms with Gasteiger partial charge in [0.2, 0.25) is 0 Å². The maximum Gasteiger partial charge on any atom is 0.151 e. The number of hydrogen-bond acceptors (Lipinski definition) is 5. The molecule has 0 saturated carbocycles. The molecule has 3 aromatic rings. The minimum Gasteiger partial charge on any atom is -0.336 e. The summed E-state index contributed by atoms with van der Waals surface area (Å²) in [4.78, 5) is 12.5. The number of fused-ring (bicyclic) bond motifs is 1. The highest BCUT2D eigenvalue weighted by Crippen LogP contribution is 2.20. The lowest BCUT2D eigenvalue weighted by molar-refractivity contribution is 1.15. The van der Waals surface area contributed by atoms with Gasteiger partial charge in [0.15, 0.2) is 5.82 Å². The highest BCUT2D eigenvalue weighted by Gasteiger charge is 2.06. The summed E-state index contributed by atoms with van der Waals surface area (Å²) in [6.45, 7) is 0. The molecule has 3 rings (SSSR count). The van der Waals surface area contributed by atoms with Gasteiger partial charge in [0.1, 0.15) is 4.88 Å². The highest BCUT2D eigenvalue weighted by atomic mass is 32.1. The summed E-state index contributed by atoms with van der Waals surface area (Å²) in [6.07, 6.45) is 5.16. The molecule has 1 N–H and O–H groups in total. The van der Waals surface area contributed by atoms with E-state index in [9.17, 15) is 0 Å². The third kappa shape index (κ3) is 1.08. The van der Waals surface area contributed by atoms with Crippen LogP contribution in [0.4, 0.5) is 0 Å². The van der Waals surface area contributed by atoms with Gasteiger partial charge in [-0.05, 0) is 17.6 Å². The SMILES string of the molecule is c1cc2nc(-c3cnns3)[nH]c2cn1. The van der Waals surface area contributed by atoms with Gasteiger partial charge in [-0.2, -0.15) is 0 Å². The molecule has 0 radical (unpaired) electrons. The van der Waals surface area contributed by atoms with Crippen LogP contribution in [0.5, 0.6) is 0 Å². The Labute approximate surface area is 83.0 Å². The molecule has 0 atom stereocenters. The Kier molecular flexibility index (Phi) is 1.54. The molecule has 5 nitrogen and oxygen atoms in total. The number of nitrogens with zero attached hydrogens (tertiary/aromatic N) is 4. The number of nitrogens with one attached hydrogen (secondary N) is 1. The minimum atomic E-state index is 0.794. The summed E-state index contributed by atoms with van der Waals surface area (Å²) in [6, 6.07) is 1.86. The summed E-state index contributed by atoms with van der Waals surface area (Å²) < 4.78 is 3.78. The molecule has 0 aliphatic rings. The van der Waals surface area contributed by atoms with Crippen molar-refractivity contribution in [3.05, 3.63) is 24.7 Å². The lowest BCUT2D eigenvalue weighted by atomic mass is 10.4. The summed E-state index contributed by atoms with van der Waals surface area (Å²) in [7, 11) is 0. The van der Waals surface area contributed by atoms with Gasteiger partial charge in [-0.3, -0.25) is 4.98 Å². The van der Waals surface area contributed by atoms with E-state index in [0.717, 1.165) is 21.7 Å². The van der Waals surface area contributed by atoms with Gasteiger partial charge in [0, 0.05) is 6.20 Å². The second-order valence-electron chi connectivity index (χ2n) is 2.76. The van der Waals surface area contributed by atoms with Gasteiger partial charge in [0.25, 0.3) is 0 Å². The van der Waals surface area contributed by atoms with Crippen molar-refractivity contribution in [3.8, 4) is 10.7 Å². The lowest BCUT2D eigenvalue weighted by Gasteiger charge is -1.83. The van der Waals surface area contributed by atoms with Crippen LogP contribution in [-0.4, -0.2) is 24.5 Å². The van der Waals surface area contributed by atoms with E-state index in [0.29, 0.717) is 0 Å². The number of aromatic nitrogens is 5. The predicted molar refractivity (Wildman–Crippen MR) is 52.8 cm³/mol. The number of hydrogen-bond donors (Lipinski definition) is 1. The molecule has 14 heavy (non-hydrogen) atoms. The summed E-state index contributed by atoms with van der Waals surface area (Å²) in [5.74, 6) is 0.794. The first-order chi connectivity index (χ1) is 6.93. The Hall–Kier alpha value is -1.82. The summed E-state index contributed by atoms with van der Waals surface area (Å²) in [5.41, 5.74) is 1.83. The zero-order chi connectivity index (χ0) is 9.38. The number of H-pyrrole nitrogens is 1. The quantitative estimate of drug-likeness (QED) is 0.650. The van der Waals surface area contributed by atoms with Crippen molar-refractivity contribution in [2.75, 3.05) is 0 Å². The summed E-state index contributed by atoms with van der Waals surface area (Å²) in [5, 5.41) is 3.76. The Morgan fingerprint density at radius 2 is 2.29 bits per heavy atom. The van der Waals surface area contributed by atoms with Crippen molar-refractivity contribution in [3.63, 3.8) is 0 Å². The number of pyridine rings is 1. The van der Waals surface area contributed by atoms with Crippen molar-refractivity contribution in [1.29, 1.82) is 0 Å². The van der Waals surface area contributed by atoms with E-state index in [-0.39, 0.29) is 0 Å². The first-order valence-electron chi connectivity index (χ1n) is 4.01. The Bertz CT molecular complexity index is 523. The smallest absolute Gasteiger partial charge is 0.151 e. The molecular formula is C8H5N5S. The lowest BCUT2D eigenvalue weighted by Crippen LogP contribution is -1.72. The first-order valence-corrected chi connectivity index (χ1v) is 4.78. The first kappa shape index (κ1) is 7.57. The van der Waals surface area contributed by atoms with Crippen molar-refractivity contribution in [2.45, 2.75) is 0 Å². The van der Waals surface area contributed by atoms with Gasteiger partial charge in [-0.1, -0.05) is 4.49 Å². The topological polar surface area (TPSA) is 67.3 Å². The van der Waals surface area contributed by atoms with Crippen LogP contribution in [-0.2, 0) is 0 Å². The van der Waals surface area contributed by atoms with Crippen LogP contribution < -0.4 is 0 Å². The van der Waals surface area contributed by atoms with Crippen LogP contribution >= 0.6 is 11.5 Å². The standard InChI is InChI=1S/C8H5N5S/c1-2-9-3-6-5(1)11-8(12-6)7-4-10-13-14-7/h1-4H,(H,11,12). The van der Waals surface area contributed by atoms with E-state index in [4.69, 9.17) is 0 Å². The zero-order valence-corrected chi connectivity index (χ0v) is 7.82. The van der Waals surface area contributed by atoms with Gasteiger partial charge in [-0.15, -0.1) is 5.10 Å². The molecule has 0 saturated heterocycles. The van der Waals surface area contributed by atoms with E-state index in [1.54, 1.807) is 18.6 Å². The number of aromatic amines is 1. The largest absolute Gasteiger partial charge is 0.336 e. The van der Waals surface area contributed by atoms with Crippen molar-refractivity contribution < 1.29 is 0 Å². The fourth-order valence-electron chi connectivity index (χ4n) is 1.25. The molecule has 0 amide bonds. The second kappa shape index (κ2) is 2.85. The normalized spacial score (nSPS) is 10.9. The molecule has 0 spiro atoms. The zero-order valence-electron chi connectivity index (χ0n) is 7.01. The van der Waals surface area contributed by atoms with Crippen LogP contribution in [0.3, 0.4) is 0 Å². The molecule has 0 aromatic carbocycles. The van der Waals surface area contributed by atoms with E-state index in [1.165, 1.54) is 11.5 Å². The van der Waals surface area contributed by atoms with Crippen LogP contribution in [0.25, 0.3) is 21.7 Å². The highest BCUT2D eigenvalue weighted by molar-refractivity contribution is 7.09. The molecular weight excluding hydrogens is 198 g/mol. The predicted octanol–water partition coefficient (Wildman–Crippen LogP) is 1.48. The molecule has 0 bridgehead atoms. The van der Waals surface area contributed by atoms with Crippen molar-refractivity contribution in [2.24, 2.45) is 0 Å². The van der Waals surface area contributed by atoms with Gasteiger partial charge >= 0.3 is 0 Å². The maximum absolute atomic E-state index is 4.39. The third-order valence-electron chi connectivity index (χ3n) is 1.88. The van der Waals surface area contributed by atoms with Crippen molar-refractivity contribution in [1.82, 2.24) is 24.5 Å². The maximum atomic E-state index is 4.39. The van der Waals surface area contributed by atoms with Crippen molar-refractivity contribution >= 4 is 22.6 Å². The molecule has 0 aliphatic heterocycles. The fraction of sp³-hybridized carbons (Fsp3) is 0. The molecule has 6 heteroatoms. The average Bonchev–Trinajstić information content (AvgIpc) is 2.86. The van der Waals surface area contributed by atoms with E-state index in [1.807, 2.05) is 6.07 Å². The van der Waals surface area contributed by atoms with E-state index in [2.05, 4.69) is 24.5 Å². The van der Waals surface area contributed by atoms with Crippen LogP contribution in [0.15, 0.2) is 24.7 Å². The Balaban J connectivity index is 2.24. The Morgan fingerprint density at radius 3 is 3.07 bits per heavy atom. The Morgan fingerprint density at radius 1 is 1.29 bits per heavy atom. The van der Waals surface area contributed by atoms with Gasteiger partial charge in [-0.25, -0.2) is 4.98 Å². The van der Waals surface area contributed by atoms with E-state index >= 15 is 0 Å². The molecule has 3 heterocycles. The van der Waals surface area contributed by atoms with E-state index < -0.39 is 0 Å². The number of rotatable bonds is 1.